The number of aromatic nitrogens is 1. The van der Waals surface area contributed by atoms with Crippen LogP contribution in [0.4, 0.5) is 10.1 Å². The third-order valence-electron chi connectivity index (χ3n) is 3.53. The molecule has 1 heterocycles. The number of hydrogen-bond acceptors (Lipinski definition) is 3. The van der Waals surface area contributed by atoms with Gasteiger partial charge in [-0.1, -0.05) is 18.2 Å². The van der Waals surface area contributed by atoms with Crippen LogP contribution < -0.4 is 9.16 Å². The predicted octanol–water partition coefficient (Wildman–Crippen LogP) is 4.84. The molecule has 1 aromatic heterocycles. The van der Waals surface area contributed by atoms with Crippen LogP contribution in [0.1, 0.15) is 0 Å². The fourth-order valence-electron chi connectivity index (χ4n) is 2.35. The maximum absolute atomic E-state index is 12.2. The van der Waals surface area contributed by atoms with E-state index in [9.17, 15) is 4.39 Å². The van der Waals surface area contributed by atoms with Gasteiger partial charge in [0.15, 0.2) is 0 Å². The van der Waals surface area contributed by atoms with E-state index in [1.165, 1.54) is 4.42 Å². The van der Waals surface area contributed by atoms with E-state index in [4.69, 9.17) is 16.5 Å². The summed E-state index contributed by atoms with van der Waals surface area (Å²) in [5, 5.41) is 0.960. The molecule has 0 unspecified atom stereocenters. The van der Waals surface area contributed by atoms with E-state index in [1.54, 1.807) is 13.1 Å². The van der Waals surface area contributed by atoms with Gasteiger partial charge in [-0.25, -0.2) is 9.37 Å². The average molecular weight is 331 g/mol. The highest BCUT2D eigenvalue weighted by atomic mass is 35.5. The van der Waals surface area contributed by atoms with Crippen LogP contribution in [0, 0.1) is 0 Å². The number of benzene rings is 2. The van der Waals surface area contributed by atoms with E-state index in [1.807, 2.05) is 48.5 Å². The lowest BCUT2D eigenvalue weighted by Crippen LogP contribution is -1.99. The summed E-state index contributed by atoms with van der Waals surface area (Å²) in [5.74, 6) is 0.652. The molecule has 0 aliphatic carbocycles. The third-order valence-corrected chi connectivity index (χ3v) is 3.72. The fraction of sp³-hybridized carbons (Fsp3) is 0.167. The molecule has 0 amide bonds. The number of nitrogens with zero attached hydrogens (tertiary/aromatic N) is 2. The first-order valence-corrected chi connectivity index (χ1v) is 7.61. The molecule has 0 fully saturated rings. The Morgan fingerprint density at radius 1 is 1.09 bits per heavy atom. The van der Waals surface area contributed by atoms with Crippen molar-refractivity contribution in [2.45, 2.75) is 0 Å². The van der Waals surface area contributed by atoms with Crippen LogP contribution in [0.5, 0.6) is 5.75 Å². The molecule has 0 saturated heterocycles. The Balaban J connectivity index is 1.90. The zero-order valence-corrected chi connectivity index (χ0v) is 13.4. The Morgan fingerprint density at radius 3 is 2.57 bits per heavy atom. The van der Waals surface area contributed by atoms with Crippen LogP contribution in [0.3, 0.4) is 0 Å². The van der Waals surface area contributed by atoms with E-state index in [-0.39, 0.29) is 6.61 Å². The van der Waals surface area contributed by atoms with E-state index < -0.39 is 6.67 Å². The second-order valence-electron chi connectivity index (χ2n) is 5.11. The Bertz CT molecular complexity index is 806. The molecule has 3 aromatic rings. The summed E-state index contributed by atoms with van der Waals surface area (Å²) >= 11 is 5.91. The van der Waals surface area contributed by atoms with Crippen molar-refractivity contribution in [2.24, 2.45) is 0 Å². The first kappa shape index (κ1) is 15.6. The minimum absolute atomic E-state index is 0.0678. The molecule has 0 aliphatic rings. The number of halogens is 2. The summed E-state index contributed by atoms with van der Waals surface area (Å²) in [4.78, 5) is 4.67. The smallest absolute Gasteiger partial charge is 0.123 e. The van der Waals surface area contributed by atoms with Crippen molar-refractivity contribution >= 4 is 28.4 Å². The normalized spacial score (nSPS) is 10.7. The summed E-state index contributed by atoms with van der Waals surface area (Å²) in [7, 11) is 1.79. The van der Waals surface area contributed by atoms with Gasteiger partial charge >= 0.3 is 0 Å². The van der Waals surface area contributed by atoms with Crippen LogP contribution in [0.25, 0.3) is 22.2 Å². The topological polar surface area (TPSA) is 25.4 Å². The molecule has 3 rings (SSSR count). The first-order valence-electron chi connectivity index (χ1n) is 7.27. The van der Waals surface area contributed by atoms with E-state index in [2.05, 4.69) is 4.98 Å². The molecular formula is C18H16ClFN2O. The zero-order valence-electron chi connectivity index (χ0n) is 12.7. The van der Waals surface area contributed by atoms with Crippen molar-refractivity contribution in [3.63, 3.8) is 0 Å². The third kappa shape index (κ3) is 3.54. The number of pyridine rings is 1. The monoisotopic (exact) mass is 330 g/mol. The molecule has 0 atom stereocenters. The quantitative estimate of drug-likeness (QED) is 0.626. The Kier molecular flexibility index (Phi) is 4.63. The van der Waals surface area contributed by atoms with Crippen molar-refractivity contribution in [1.82, 2.24) is 4.98 Å². The van der Waals surface area contributed by atoms with Gasteiger partial charge in [0.1, 0.15) is 19.0 Å². The Hall–Kier alpha value is -2.33. The summed E-state index contributed by atoms with van der Waals surface area (Å²) < 4.78 is 19.0. The van der Waals surface area contributed by atoms with Crippen molar-refractivity contribution in [3.05, 3.63) is 54.6 Å². The molecular weight excluding hydrogens is 315 g/mol. The number of anilines is 1. The van der Waals surface area contributed by atoms with Crippen LogP contribution in [-0.2, 0) is 0 Å². The highest BCUT2D eigenvalue weighted by molar-refractivity contribution is 6.25. The lowest BCUT2D eigenvalue weighted by Gasteiger charge is -2.10. The maximum Gasteiger partial charge on any atom is 0.123 e. The predicted molar refractivity (Wildman–Crippen MR) is 92.9 cm³/mol. The maximum atomic E-state index is 12.2. The van der Waals surface area contributed by atoms with Gasteiger partial charge in [-0.2, -0.15) is 0 Å². The molecule has 0 saturated carbocycles. The van der Waals surface area contributed by atoms with Crippen molar-refractivity contribution < 1.29 is 9.13 Å². The molecule has 3 nitrogen and oxygen atoms in total. The van der Waals surface area contributed by atoms with Crippen LogP contribution >= 0.6 is 11.8 Å². The van der Waals surface area contributed by atoms with Crippen molar-refractivity contribution in [2.75, 3.05) is 24.7 Å². The number of hydrogen-bond donors (Lipinski definition) is 0. The Labute approximate surface area is 139 Å². The second kappa shape index (κ2) is 6.84. The van der Waals surface area contributed by atoms with Gasteiger partial charge in [0.05, 0.1) is 16.9 Å². The SMILES string of the molecule is CN(Cl)c1ccc(-c2ccc3cc(OCCF)ccc3n2)cc1. The molecule has 0 radical (unpaired) electrons. The van der Waals surface area contributed by atoms with E-state index in [0.717, 1.165) is 27.8 Å². The van der Waals surface area contributed by atoms with E-state index >= 15 is 0 Å². The van der Waals surface area contributed by atoms with Crippen molar-refractivity contribution in [3.8, 4) is 17.0 Å². The highest BCUT2D eigenvalue weighted by Gasteiger charge is 2.04. The summed E-state index contributed by atoms with van der Waals surface area (Å²) in [6.45, 7) is -0.429. The summed E-state index contributed by atoms with van der Waals surface area (Å²) in [6.07, 6.45) is 0. The number of fused-ring (bicyclic) bond motifs is 1. The van der Waals surface area contributed by atoms with Gasteiger partial charge in [0, 0.05) is 29.8 Å². The van der Waals surface area contributed by atoms with Crippen LogP contribution in [-0.4, -0.2) is 25.3 Å². The van der Waals surface area contributed by atoms with Gasteiger partial charge in [0.25, 0.3) is 0 Å². The van der Waals surface area contributed by atoms with Gasteiger partial charge in [-0.05, 0) is 36.4 Å². The first-order chi connectivity index (χ1) is 11.2. The molecule has 5 heteroatoms. The number of alkyl halides is 1. The van der Waals surface area contributed by atoms with E-state index in [0.29, 0.717) is 5.75 Å². The zero-order chi connectivity index (χ0) is 16.2. The molecule has 0 N–H and O–H groups in total. The number of ether oxygens (including phenoxy) is 1. The van der Waals surface area contributed by atoms with Gasteiger partial charge in [0.2, 0.25) is 0 Å². The standard InChI is InChI=1S/C18H16ClFN2O/c1-22(19)15-5-2-13(3-6-15)17-8-4-14-12-16(23-11-10-20)7-9-18(14)21-17/h2-9,12H,10-11H2,1H3. The highest BCUT2D eigenvalue weighted by Crippen LogP contribution is 2.26. The average Bonchev–Trinajstić information content (AvgIpc) is 2.59. The number of rotatable bonds is 5. The minimum Gasteiger partial charge on any atom is -0.491 e. The van der Waals surface area contributed by atoms with Gasteiger partial charge < -0.3 is 4.74 Å². The lowest BCUT2D eigenvalue weighted by molar-refractivity contribution is 0.273. The lowest BCUT2D eigenvalue weighted by atomic mass is 10.1. The van der Waals surface area contributed by atoms with Crippen molar-refractivity contribution in [1.29, 1.82) is 0 Å². The fourth-order valence-corrected chi connectivity index (χ4v) is 2.46. The molecule has 23 heavy (non-hydrogen) atoms. The van der Waals surface area contributed by atoms with Gasteiger partial charge in [-0.15, -0.1) is 0 Å². The van der Waals surface area contributed by atoms with Crippen LogP contribution in [0.15, 0.2) is 54.6 Å². The molecule has 0 aliphatic heterocycles. The Morgan fingerprint density at radius 2 is 1.87 bits per heavy atom. The van der Waals surface area contributed by atoms with Gasteiger partial charge in [-0.3, -0.25) is 4.42 Å². The molecule has 0 bridgehead atoms. The molecule has 0 spiro atoms. The molecule has 2 aromatic carbocycles. The second-order valence-corrected chi connectivity index (χ2v) is 5.62. The molecule has 118 valence electrons. The summed E-state index contributed by atoms with van der Waals surface area (Å²) in [6, 6.07) is 17.4. The minimum atomic E-state index is -0.497. The summed E-state index contributed by atoms with van der Waals surface area (Å²) in [5.41, 5.74) is 3.70. The van der Waals surface area contributed by atoms with Crippen LogP contribution in [0.2, 0.25) is 0 Å². The largest absolute Gasteiger partial charge is 0.491 e.